The Balaban J connectivity index is 2.72. The van der Waals surface area contributed by atoms with E-state index in [1.165, 1.54) is 6.08 Å². The lowest BCUT2D eigenvalue weighted by atomic mass is 10.3. The van der Waals surface area contributed by atoms with Crippen molar-refractivity contribution < 1.29 is 24.5 Å². The Kier molecular flexibility index (Phi) is 6.04. The number of aromatic nitrogens is 2. The number of aliphatic hydroxyl groups is 2. The minimum Gasteiger partial charge on any atom is -0.445 e. The number of aromatic amines is 1. The van der Waals surface area contributed by atoms with Crippen LogP contribution in [0.1, 0.15) is 0 Å². The molecule has 0 saturated heterocycles. The van der Waals surface area contributed by atoms with Crippen molar-refractivity contribution in [2.75, 3.05) is 23.8 Å². The molecular formula is C11H14N4O6. The summed E-state index contributed by atoms with van der Waals surface area (Å²) in [5.41, 5.74) is -1.01. The molecule has 114 valence electrons. The lowest BCUT2D eigenvalue weighted by Crippen LogP contribution is -2.33. The number of carbonyl (C=O) groups is 2. The van der Waals surface area contributed by atoms with Crippen molar-refractivity contribution >= 4 is 23.6 Å². The van der Waals surface area contributed by atoms with E-state index >= 15 is 0 Å². The molecule has 0 radical (unpaired) electrons. The van der Waals surface area contributed by atoms with Crippen molar-refractivity contribution in [2.45, 2.75) is 6.10 Å². The molecule has 1 rings (SSSR count). The van der Waals surface area contributed by atoms with E-state index < -0.39 is 30.3 Å². The normalized spacial score (nSPS) is 11.3. The number of amides is 2. The molecule has 10 heteroatoms. The molecule has 5 N–H and O–H groups in total. The summed E-state index contributed by atoms with van der Waals surface area (Å²) in [6.07, 6.45) is -0.160. The van der Waals surface area contributed by atoms with E-state index in [1.807, 2.05) is 0 Å². The van der Waals surface area contributed by atoms with Crippen molar-refractivity contribution in [1.29, 1.82) is 0 Å². The lowest BCUT2D eigenvalue weighted by molar-refractivity contribution is -0.125. The van der Waals surface area contributed by atoms with E-state index in [-0.39, 0.29) is 18.2 Å². The first-order valence-corrected chi connectivity index (χ1v) is 5.71. The van der Waals surface area contributed by atoms with Crippen LogP contribution in [0.2, 0.25) is 0 Å². The van der Waals surface area contributed by atoms with Gasteiger partial charge in [-0.1, -0.05) is 12.7 Å². The van der Waals surface area contributed by atoms with E-state index in [9.17, 15) is 14.4 Å². The second-order valence-corrected chi connectivity index (χ2v) is 3.67. The molecule has 1 heterocycles. The second kappa shape index (κ2) is 7.77. The largest absolute Gasteiger partial charge is 0.445 e. The van der Waals surface area contributed by atoms with Gasteiger partial charge in [0, 0.05) is 0 Å². The zero-order valence-electron chi connectivity index (χ0n) is 10.8. The Morgan fingerprint density at radius 3 is 2.81 bits per heavy atom. The number of H-pyrrole nitrogens is 1. The summed E-state index contributed by atoms with van der Waals surface area (Å²) in [4.78, 5) is 40.0. The minimum absolute atomic E-state index is 0.0107. The Morgan fingerprint density at radius 1 is 1.52 bits per heavy atom. The molecule has 1 aromatic rings. The molecule has 0 aromatic carbocycles. The quantitative estimate of drug-likeness (QED) is 0.413. The summed E-state index contributed by atoms with van der Waals surface area (Å²) in [5, 5.41) is 21.9. The van der Waals surface area contributed by atoms with Crippen LogP contribution < -0.4 is 16.2 Å². The highest BCUT2D eigenvalue weighted by molar-refractivity contribution is 5.93. The van der Waals surface area contributed by atoms with Gasteiger partial charge < -0.3 is 20.3 Å². The molecule has 0 aliphatic carbocycles. The number of nitrogens with one attached hydrogen (secondary N) is 3. The number of rotatable bonds is 6. The highest BCUT2D eigenvalue weighted by Crippen LogP contribution is 2.01. The van der Waals surface area contributed by atoms with Crippen molar-refractivity contribution in [3.05, 3.63) is 29.2 Å². The van der Waals surface area contributed by atoms with E-state index in [1.54, 1.807) is 0 Å². The zero-order valence-corrected chi connectivity index (χ0v) is 10.8. The fraction of sp³-hybridized carbons (Fsp3) is 0.273. The summed E-state index contributed by atoms with van der Waals surface area (Å²) in [7, 11) is 0. The van der Waals surface area contributed by atoms with Crippen LogP contribution in [0.5, 0.6) is 0 Å². The van der Waals surface area contributed by atoms with E-state index in [0.29, 0.717) is 0 Å². The second-order valence-electron chi connectivity index (χ2n) is 3.67. The molecular weight excluding hydrogens is 284 g/mol. The summed E-state index contributed by atoms with van der Waals surface area (Å²) >= 11 is 0. The number of nitrogens with zero attached hydrogens (tertiary/aromatic N) is 1. The summed E-state index contributed by atoms with van der Waals surface area (Å²) in [6, 6.07) is 0. The Morgan fingerprint density at radius 2 is 2.24 bits per heavy atom. The van der Waals surface area contributed by atoms with Crippen LogP contribution in [0.15, 0.2) is 23.6 Å². The molecule has 0 spiro atoms. The van der Waals surface area contributed by atoms with Crippen LogP contribution in [0, 0.1) is 0 Å². The predicted octanol–water partition coefficient (Wildman–Crippen LogP) is -1.20. The Bertz CT molecular complexity index is 584. The fourth-order valence-electron chi connectivity index (χ4n) is 1.11. The zero-order chi connectivity index (χ0) is 15.8. The number of ether oxygens (including phenoxy) is 1. The Labute approximate surface area is 118 Å². The first-order valence-electron chi connectivity index (χ1n) is 5.71. The van der Waals surface area contributed by atoms with Gasteiger partial charge >= 0.3 is 6.09 Å². The smallest absolute Gasteiger partial charge is 0.414 e. The molecule has 2 amide bonds. The maximum Gasteiger partial charge on any atom is 0.414 e. The molecule has 10 nitrogen and oxygen atoms in total. The first kappa shape index (κ1) is 16.3. The van der Waals surface area contributed by atoms with Crippen LogP contribution in [0.3, 0.4) is 0 Å². The fourth-order valence-corrected chi connectivity index (χ4v) is 1.11. The van der Waals surface area contributed by atoms with Crippen LogP contribution in [0.25, 0.3) is 0 Å². The molecule has 0 unspecified atom stereocenters. The van der Waals surface area contributed by atoms with E-state index in [0.717, 1.165) is 6.20 Å². The van der Waals surface area contributed by atoms with Gasteiger partial charge in [0.2, 0.25) is 5.95 Å². The third-order valence-corrected chi connectivity index (χ3v) is 2.09. The number of anilines is 2. The van der Waals surface area contributed by atoms with Gasteiger partial charge in [-0.05, 0) is 0 Å². The molecule has 21 heavy (non-hydrogen) atoms. The first-order chi connectivity index (χ1) is 9.97. The van der Waals surface area contributed by atoms with Gasteiger partial charge in [-0.25, -0.2) is 9.78 Å². The molecule has 1 aromatic heterocycles. The molecule has 0 aliphatic rings. The average Bonchev–Trinajstić information content (AvgIpc) is 2.46. The summed E-state index contributed by atoms with van der Waals surface area (Å²) in [5.74, 6) is -1.15. The van der Waals surface area contributed by atoms with Gasteiger partial charge in [0.1, 0.15) is 12.3 Å². The van der Waals surface area contributed by atoms with Crippen LogP contribution in [0.4, 0.5) is 16.4 Å². The number of hydrogen-bond donors (Lipinski definition) is 5. The molecule has 0 aliphatic heterocycles. The van der Waals surface area contributed by atoms with Crippen LogP contribution in [-0.2, 0) is 9.53 Å². The molecule has 0 bridgehead atoms. The van der Waals surface area contributed by atoms with Crippen molar-refractivity contribution in [2.24, 2.45) is 0 Å². The molecule has 0 fully saturated rings. The number of hydrogen-bond acceptors (Lipinski definition) is 7. The SMILES string of the molecule is C=CCOC(=O)Nc1ncc(NC(=O)[C@H](O)CO)c(=O)[nH]1. The van der Waals surface area contributed by atoms with Crippen molar-refractivity contribution in [3.8, 4) is 0 Å². The highest BCUT2D eigenvalue weighted by Gasteiger charge is 2.15. The average molecular weight is 298 g/mol. The van der Waals surface area contributed by atoms with Crippen molar-refractivity contribution in [3.63, 3.8) is 0 Å². The van der Waals surface area contributed by atoms with Gasteiger partial charge in [-0.3, -0.25) is 19.9 Å². The minimum atomic E-state index is -1.66. The van der Waals surface area contributed by atoms with Gasteiger partial charge in [0.05, 0.1) is 12.8 Å². The number of aliphatic hydroxyl groups excluding tert-OH is 2. The third kappa shape index (κ3) is 5.04. The summed E-state index contributed by atoms with van der Waals surface area (Å²) < 4.78 is 4.62. The summed E-state index contributed by atoms with van der Waals surface area (Å²) in [6.45, 7) is 2.56. The topological polar surface area (TPSA) is 154 Å². The maximum absolute atomic E-state index is 11.6. The molecule has 0 saturated carbocycles. The van der Waals surface area contributed by atoms with Gasteiger partial charge in [-0.15, -0.1) is 0 Å². The lowest BCUT2D eigenvalue weighted by Gasteiger charge is -2.08. The standard InChI is InChI=1S/C11H14N4O6/c1-2-3-21-11(20)15-10-12-4-6(8(18)14-10)13-9(19)7(17)5-16/h2,4,7,16-17H,1,3,5H2,(H,13,19)(H2,12,14,15,18,20)/t7-/m1/s1. The number of carbonyl (C=O) groups excluding carboxylic acids is 2. The van der Waals surface area contributed by atoms with Gasteiger partial charge in [0.15, 0.2) is 6.10 Å². The van der Waals surface area contributed by atoms with Crippen LogP contribution >= 0.6 is 0 Å². The van der Waals surface area contributed by atoms with Gasteiger partial charge in [0.25, 0.3) is 11.5 Å². The third-order valence-electron chi connectivity index (χ3n) is 2.09. The van der Waals surface area contributed by atoms with E-state index in [4.69, 9.17) is 10.2 Å². The van der Waals surface area contributed by atoms with Crippen molar-refractivity contribution in [1.82, 2.24) is 9.97 Å². The van der Waals surface area contributed by atoms with E-state index in [2.05, 4.69) is 31.9 Å². The molecule has 1 atom stereocenters. The maximum atomic E-state index is 11.6. The predicted molar refractivity (Wildman–Crippen MR) is 71.7 cm³/mol. The van der Waals surface area contributed by atoms with Gasteiger partial charge in [-0.2, -0.15) is 0 Å². The highest BCUT2D eigenvalue weighted by atomic mass is 16.5. The monoisotopic (exact) mass is 298 g/mol. The Hall–Kier alpha value is -2.72. The van der Waals surface area contributed by atoms with Crippen LogP contribution in [-0.4, -0.2) is 51.5 Å².